The van der Waals surface area contributed by atoms with Crippen LogP contribution in [-0.2, 0) is 14.8 Å². The van der Waals surface area contributed by atoms with Gasteiger partial charge in [0.2, 0.25) is 21.1 Å². The Hall–Kier alpha value is -1.36. The van der Waals surface area contributed by atoms with Crippen LogP contribution >= 0.6 is 34.7 Å². The highest BCUT2D eigenvalue weighted by molar-refractivity contribution is 8.01. The minimum Gasteiger partial charge on any atom is -0.299 e. The van der Waals surface area contributed by atoms with Crippen LogP contribution < -0.4 is 9.62 Å². The molecule has 2 aromatic rings. The lowest BCUT2D eigenvalue weighted by molar-refractivity contribution is -0.117. The Morgan fingerprint density at radius 3 is 2.63 bits per heavy atom. The van der Waals surface area contributed by atoms with Crippen LogP contribution in [0.4, 0.5) is 10.8 Å². The van der Waals surface area contributed by atoms with Crippen LogP contribution in [0, 0.1) is 6.92 Å². The Labute approximate surface area is 172 Å². The van der Waals surface area contributed by atoms with Crippen molar-refractivity contribution in [3.05, 3.63) is 28.8 Å². The van der Waals surface area contributed by atoms with Gasteiger partial charge in [0.05, 0.1) is 11.9 Å². The zero-order valence-electron chi connectivity index (χ0n) is 15.4. The van der Waals surface area contributed by atoms with Crippen molar-refractivity contribution in [2.75, 3.05) is 21.6 Å². The molecule has 0 bridgehead atoms. The third kappa shape index (κ3) is 5.56. The Morgan fingerprint density at radius 2 is 2.07 bits per heavy atom. The Balaban J connectivity index is 2.33. The molecule has 1 atom stereocenters. The predicted molar refractivity (Wildman–Crippen MR) is 113 cm³/mol. The van der Waals surface area contributed by atoms with Gasteiger partial charge < -0.3 is 0 Å². The molecule has 1 aromatic carbocycles. The lowest BCUT2D eigenvalue weighted by Crippen LogP contribution is -2.47. The molecule has 2 rings (SSSR count). The van der Waals surface area contributed by atoms with E-state index in [0.717, 1.165) is 26.2 Å². The molecule has 11 heteroatoms. The van der Waals surface area contributed by atoms with Crippen molar-refractivity contribution in [1.29, 1.82) is 0 Å². The summed E-state index contributed by atoms with van der Waals surface area (Å²) in [6.45, 7) is 5.56. The molecule has 27 heavy (non-hydrogen) atoms. The summed E-state index contributed by atoms with van der Waals surface area (Å²) in [7, 11) is -3.72. The molecule has 0 saturated carbocycles. The standard InChI is InChI=1S/C16H21ClN4O3S3/c1-5-13(14(22)18-15-19-20-16(26-15)25-6-2)21(27(4,23)24)11-8-7-10(3)12(17)9-11/h7-9,13H,5-6H2,1-4H3,(H,18,19,22)/t13-/m1/s1. The highest BCUT2D eigenvalue weighted by atomic mass is 35.5. The van der Waals surface area contributed by atoms with Crippen LogP contribution in [0.3, 0.4) is 0 Å². The van der Waals surface area contributed by atoms with E-state index in [1.165, 1.54) is 23.1 Å². The van der Waals surface area contributed by atoms with Gasteiger partial charge in [-0.25, -0.2) is 8.42 Å². The number of anilines is 2. The van der Waals surface area contributed by atoms with Gasteiger partial charge in [0.15, 0.2) is 4.34 Å². The summed E-state index contributed by atoms with van der Waals surface area (Å²) >= 11 is 8.93. The molecule has 7 nitrogen and oxygen atoms in total. The van der Waals surface area contributed by atoms with E-state index < -0.39 is 22.0 Å². The molecule has 0 unspecified atom stereocenters. The van der Waals surface area contributed by atoms with Gasteiger partial charge in [0, 0.05) is 5.02 Å². The van der Waals surface area contributed by atoms with Gasteiger partial charge in [-0.15, -0.1) is 10.2 Å². The van der Waals surface area contributed by atoms with Crippen molar-refractivity contribution in [2.45, 2.75) is 37.6 Å². The fourth-order valence-corrected chi connectivity index (χ4v) is 5.44. The van der Waals surface area contributed by atoms with E-state index in [-0.39, 0.29) is 6.42 Å². The number of thioether (sulfide) groups is 1. The van der Waals surface area contributed by atoms with Crippen molar-refractivity contribution in [1.82, 2.24) is 10.2 Å². The summed E-state index contributed by atoms with van der Waals surface area (Å²) < 4.78 is 26.7. The smallest absolute Gasteiger partial charge is 0.250 e. The zero-order chi connectivity index (χ0) is 20.2. The molecule has 1 amide bonds. The quantitative estimate of drug-likeness (QED) is 0.487. The first-order valence-corrected chi connectivity index (χ1v) is 12.2. The SMILES string of the molecule is CCSc1nnc(NC(=O)[C@@H](CC)N(c2ccc(C)c(Cl)c2)S(C)(=O)=O)s1. The average Bonchev–Trinajstić information content (AvgIpc) is 3.01. The number of halogens is 1. The topological polar surface area (TPSA) is 92.3 Å². The molecule has 0 saturated heterocycles. The van der Waals surface area contributed by atoms with Crippen molar-refractivity contribution < 1.29 is 13.2 Å². The van der Waals surface area contributed by atoms with Crippen molar-refractivity contribution in [2.24, 2.45) is 0 Å². The van der Waals surface area contributed by atoms with E-state index in [0.29, 0.717) is 15.8 Å². The maximum Gasteiger partial charge on any atom is 0.250 e. The maximum atomic E-state index is 12.8. The molecule has 0 fully saturated rings. The normalized spacial score (nSPS) is 12.6. The lowest BCUT2D eigenvalue weighted by atomic mass is 10.1. The fourth-order valence-electron chi connectivity index (χ4n) is 2.41. The molecule has 148 valence electrons. The summed E-state index contributed by atoms with van der Waals surface area (Å²) in [5, 5.41) is 11.4. The first-order valence-electron chi connectivity index (χ1n) is 8.20. The molecule has 0 aliphatic rings. The van der Waals surface area contributed by atoms with Crippen LogP contribution in [0.5, 0.6) is 0 Å². The Morgan fingerprint density at radius 1 is 1.37 bits per heavy atom. The average molecular weight is 449 g/mol. The minimum atomic E-state index is -3.72. The van der Waals surface area contributed by atoms with Crippen LogP contribution in [0.25, 0.3) is 0 Å². The summed E-state index contributed by atoms with van der Waals surface area (Å²) in [4.78, 5) is 12.8. The molecule has 0 spiro atoms. The number of rotatable bonds is 8. The maximum absolute atomic E-state index is 12.8. The second-order valence-corrected chi connectivity index (χ2v) is 10.5. The number of nitrogens with one attached hydrogen (secondary N) is 1. The number of nitrogens with zero attached hydrogens (tertiary/aromatic N) is 3. The highest BCUT2D eigenvalue weighted by Gasteiger charge is 2.32. The third-order valence-corrected chi connectivity index (χ3v) is 7.09. The number of amides is 1. The van der Waals surface area contributed by atoms with Crippen LogP contribution in [-0.4, -0.2) is 42.6 Å². The number of aryl methyl sites for hydroxylation is 1. The Kier molecular flexibility index (Phi) is 7.49. The van der Waals surface area contributed by atoms with E-state index >= 15 is 0 Å². The summed E-state index contributed by atoms with van der Waals surface area (Å²) in [5.41, 5.74) is 1.16. The van der Waals surface area contributed by atoms with Gasteiger partial charge in [-0.05, 0) is 36.8 Å². The fraction of sp³-hybridized carbons (Fsp3) is 0.438. The van der Waals surface area contributed by atoms with Crippen molar-refractivity contribution in [3.63, 3.8) is 0 Å². The van der Waals surface area contributed by atoms with Crippen molar-refractivity contribution >= 4 is 61.4 Å². The van der Waals surface area contributed by atoms with Gasteiger partial charge in [-0.2, -0.15) is 0 Å². The van der Waals surface area contributed by atoms with E-state index in [4.69, 9.17) is 11.6 Å². The van der Waals surface area contributed by atoms with Gasteiger partial charge in [0.1, 0.15) is 6.04 Å². The number of carbonyl (C=O) groups excluding carboxylic acids is 1. The number of hydrogen-bond acceptors (Lipinski definition) is 7. The molecular weight excluding hydrogens is 428 g/mol. The van der Waals surface area contributed by atoms with Gasteiger partial charge in [-0.3, -0.25) is 14.4 Å². The predicted octanol–water partition coefficient (Wildman–Crippen LogP) is 3.80. The molecule has 1 aromatic heterocycles. The van der Waals surface area contributed by atoms with E-state index in [1.807, 2.05) is 13.8 Å². The molecule has 1 heterocycles. The molecular formula is C16H21ClN4O3S3. The number of carbonyl (C=O) groups is 1. The Bertz CT molecular complexity index is 917. The summed E-state index contributed by atoms with van der Waals surface area (Å²) in [5.74, 6) is 0.375. The lowest BCUT2D eigenvalue weighted by Gasteiger charge is -2.30. The number of aromatic nitrogens is 2. The highest BCUT2D eigenvalue weighted by Crippen LogP contribution is 2.29. The van der Waals surface area contributed by atoms with Crippen molar-refractivity contribution in [3.8, 4) is 0 Å². The summed E-state index contributed by atoms with van der Waals surface area (Å²) in [6.07, 6.45) is 1.34. The van der Waals surface area contributed by atoms with Crippen LogP contribution in [0.15, 0.2) is 22.5 Å². The molecule has 0 aliphatic carbocycles. The van der Waals surface area contributed by atoms with Gasteiger partial charge in [0.25, 0.3) is 0 Å². The molecule has 1 N–H and O–H groups in total. The van der Waals surface area contributed by atoms with Gasteiger partial charge in [-0.1, -0.05) is 54.6 Å². The summed E-state index contributed by atoms with van der Waals surface area (Å²) in [6, 6.07) is 3.97. The first kappa shape index (κ1) is 21.9. The first-order chi connectivity index (χ1) is 12.7. The van der Waals surface area contributed by atoms with E-state index in [9.17, 15) is 13.2 Å². The number of hydrogen-bond donors (Lipinski definition) is 1. The van der Waals surface area contributed by atoms with Gasteiger partial charge >= 0.3 is 0 Å². The largest absolute Gasteiger partial charge is 0.299 e. The third-order valence-electron chi connectivity index (χ3n) is 3.64. The van der Waals surface area contributed by atoms with Crippen LogP contribution in [0.2, 0.25) is 5.02 Å². The molecule has 0 aliphatic heterocycles. The number of benzene rings is 1. The zero-order valence-corrected chi connectivity index (χ0v) is 18.6. The van der Waals surface area contributed by atoms with E-state index in [1.54, 1.807) is 25.1 Å². The number of sulfonamides is 1. The van der Waals surface area contributed by atoms with Crippen LogP contribution in [0.1, 0.15) is 25.8 Å². The minimum absolute atomic E-state index is 0.278. The second kappa shape index (κ2) is 9.22. The molecule has 0 radical (unpaired) electrons. The van der Waals surface area contributed by atoms with E-state index in [2.05, 4.69) is 15.5 Å². The monoisotopic (exact) mass is 448 g/mol. The second-order valence-electron chi connectivity index (χ2n) is 5.71.